The van der Waals surface area contributed by atoms with Crippen LogP contribution in [0.25, 0.3) is 0 Å². The predicted molar refractivity (Wildman–Crippen MR) is 57.7 cm³/mol. The summed E-state index contributed by atoms with van der Waals surface area (Å²) in [7, 11) is 3.18. The van der Waals surface area contributed by atoms with Gasteiger partial charge in [0, 0.05) is 13.2 Å². The van der Waals surface area contributed by atoms with Gasteiger partial charge in [-0.1, -0.05) is 0 Å². The first-order valence-corrected chi connectivity index (χ1v) is 5.54. The van der Waals surface area contributed by atoms with E-state index in [0.717, 1.165) is 25.7 Å². The molecular weight excluding hydrogens is 194 g/mol. The maximum Gasteiger partial charge on any atom is 0.322 e. The van der Waals surface area contributed by atoms with Crippen molar-refractivity contribution in [3.63, 3.8) is 0 Å². The van der Waals surface area contributed by atoms with Crippen molar-refractivity contribution >= 4 is 5.97 Å². The van der Waals surface area contributed by atoms with Crippen LogP contribution in [-0.2, 0) is 14.3 Å². The Balaban J connectivity index is 2.26. The Morgan fingerprint density at radius 2 is 1.87 bits per heavy atom. The Labute approximate surface area is 91.3 Å². The molecule has 0 aromatic heterocycles. The molecule has 1 atom stereocenters. The highest BCUT2D eigenvalue weighted by Gasteiger charge is 2.23. The number of nitrogens with one attached hydrogen (secondary N) is 1. The van der Waals surface area contributed by atoms with Crippen molar-refractivity contribution < 1.29 is 14.3 Å². The standard InChI is InChI=1S/C11H21NO3/c1-8(11(13)15-3)12-9-4-6-10(14-2)7-5-9/h8-10,12H,4-7H2,1-3H3. The van der Waals surface area contributed by atoms with Gasteiger partial charge in [-0.15, -0.1) is 0 Å². The molecule has 1 aliphatic carbocycles. The van der Waals surface area contributed by atoms with Gasteiger partial charge in [0.2, 0.25) is 0 Å². The molecule has 1 unspecified atom stereocenters. The molecule has 0 aliphatic heterocycles. The maximum absolute atomic E-state index is 11.2. The Morgan fingerprint density at radius 3 is 2.33 bits per heavy atom. The predicted octanol–water partition coefficient (Wildman–Crippen LogP) is 1.10. The lowest BCUT2D eigenvalue weighted by atomic mass is 9.92. The third kappa shape index (κ3) is 3.80. The average molecular weight is 215 g/mol. The van der Waals surface area contributed by atoms with E-state index in [1.54, 1.807) is 7.11 Å². The van der Waals surface area contributed by atoms with Crippen LogP contribution in [0.1, 0.15) is 32.6 Å². The zero-order valence-corrected chi connectivity index (χ0v) is 9.79. The van der Waals surface area contributed by atoms with Crippen LogP contribution in [0.2, 0.25) is 0 Å². The van der Waals surface area contributed by atoms with Gasteiger partial charge in [-0.05, 0) is 32.6 Å². The van der Waals surface area contributed by atoms with Crippen molar-refractivity contribution in [3.8, 4) is 0 Å². The normalized spacial score (nSPS) is 28.5. The third-order valence-corrected chi connectivity index (χ3v) is 3.05. The number of ether oxygens (including phenoxy) is 2. The fraction of sp³-hybridized carbons (Fsp3) is 0.909. The molecular formula is C11H21NO3. The van der Waals surface area contributed by atoms with E-state index in [-0.39, 0.29) is 12.0 Å². The van der Waals surface area contributed by atoms with Gasteiger partial charge in [-0.25, -0.2) is 0 Å². The van der Waals surface area contributed by atoms with E-state index >= 15 is 0 Å². The largest absolute Gasteiger partial charge is 0.468 e. The van der Waals surface area contributed by atoms with Crippen LogP contribution in [0.3, 0.4) is 0 Å². The summed E-state index contributed by atoms with van der Waals surface area (Å²) in [5.41, 5.74) is 0. The van der Waals surface area contributed by atoms with Gasteiger partial charge in [0.05, 0.1) is 13.2 Å². The summed E-state index contributed by atoms with van der Waals surface area (Å²) >= 11 is 0. The molecule has 0 spiro atoms. The first-order valence-electron chi connectivity index (χ1n) is 5.54. The number of hydrogen-bond acceptors (Lipinski definition) is 4. The van der Waals surface area contributed by atoms with Crippen molar-refractivity contribution in [3.05, 3.63) is 0 Å². The van der Waals surface area contributed by atoms with Crippen molar-refractivity contribution in [1.29, 1.82) is 0 Å². The van der Waals surface area contributed by atoms with Gasteiger partial charge >= 0.3 is 5.97 Å². The molecule has 0 aromatic rings. The van der Waals surface area contributed by atoms with Gasteiger partial charge in [0.25, 0.3) is 0 Å². The highest BCUT2D eigenvalue weighted by molar-refractivity contribution is 5.75. The minimum Gasteiger partial charge on any atom is -0.468 e. The first kappa shape index (κ1) is 12.5. The molecule has 0 bridgehead atoms. The molecule has 88 valence electrons. The van der Waals surface area contributed by atoms with Crippen LogP contribution < -0.4 is 5.32 Å². The number of carbonyl (C=O) groups is 1. The highest BCUT2D eigenvalue weighted by Crippen LogP contribution is 2.20. The van der Waals surface area contributed by atoms with Crippen molar-refractivity contribution in [2.24, 2.45) is 0 Å². The van der Waals surface area contributed by atoms with Gasteiger partial charge in [-0.3, -0.25) is 4.79 Å². The van der Waals surface area contributed by atoms with Gasteiger partial charge < -0.3 is 14.8 Å². The minimum atomic E-state index is -0.209. The summed E-state index contributed by atoms with van der Waals surface area (Å²) in [5.74, 6) is -0.191. The lowest BCUT2D eigenvalue weighted by molar-refractivity contribution is -0.142. The molecule has 0 heterocycles. The van der Waals surface area contributed by atoms with Crippen molar-refractivity contribution in [2.75, 3.05) is 14.2 Å². The van der Waals surface area contributed by atoms with E-state index < -0.39 is 0 Å². The van der Waals surface area contributed by atoms with E-state index in [1.165, 1.54) is 7.11 Å². The molecule has 1 N–H and O–H groups in total. The van der Waals surface area contributed by atoms with Crippen LogP contribution in [-0.4, -0.2) is 38.4 Å². The minimum absolute atomic E-state index is 0.191. The zero-order chi connectivity index (χ0) is 11.3. The average Bonchev–Trinajstić information content (AvgIpc) is 2.29. The maximum atomic E-state index is 11.2. The summed E-state index contributed by atoms with van der Waals surface area (Å²) in [6.07, 6.45) is 4.68. The van der Waals surface area contributed by atoms with Crippen LogP contribution >= 0.6 is 0 Å². The Bertz CT molecular complexity index is 200. The molecule has 15 heavy (non-hydrogen) atoms. The summed E-state index contributed by atoms with van der Waals surface area (Å²) in [4.78, 5) is 11.2. The quantitative estimate of drug-likeness (QED) is 0.713. The second-order valence-electron chi connectivity index (χ2n) is 4.12. The summed E-state index contributed by atoms with van der Waals surface area (Å²) < 4.78 is 9.96. The first-order chi connectivity index (χ1) is 7.17. The molecule has 1 rings (SSSR count). The fourth-order valence-electron chi connectivity index (χ4n) is 2.06. The van der Waals surface area contributed by atoms with Crippen molar-refractivity contribution in [1.82, 2.24) is 5.32 Å². The third-order valence-electron chi connectivity index (χ3n) is 3.05. The van der Waals surface area contributed by atoms with Crippen LogP contribution in [0, 0.1) is 0 Å². The molecule has 4 nitrogen and oxygen atoms in total. The highest BCUT2D eigenvalue weighted by atomic mass is 16.5. The summed E-state index contributed by atoms with van der Waals surface area (Å²) in [5, 5.41) is 3.28. The molecule has 4 heteroatoms. The Kier molecular flexibility index (Phi) is 5.05. The number of esters is 1. The molecule has 1 aliphatic rings. The topological polar surface area (TPSA) is 47.6 Å². The van der Waals surface area contributed by atoms with Crippen LogP contribution in [0.4, 0.5) is 0 Å². The number of rotatable bonds is 4. The Morgan fingerprint density at radius 1 is 1.27 bits per heavy atom. The molecule has 0 radical (unpaired) electrons. The van der Waals surface area contributed by atoms with E-state index in [9.17, 15) is 4.79 Å². The van der Waals surface area contributed by atoms with E-state index in [1.807, 2.05) is 6.92 Å². The number of carbonyl (C=O) groups excluding carboxylic acids is 1. The van der Waals surface area contributed by atoms with Gasteiger partial charge in [0.15, 0.2) is 0 Å². The smallest absolute Gasteiger partial charge is 0.322 e. The van der Waals surface area contributed by atoms with Gasteiger partial charge in [0.1, 0.15) is 6.04 Å². The monoisotopic (exact) mass is 215 g/mol. The Hall–Kier alpha value is -0.610. The lowest BCUT2D eigenvalue weighted by Crippen LogP contribution is -2.44. The SMILES string of the molecule is COC(=O)C(C)NC1CCC(OC)CC1. The van der Waals surface area contributed by atoms with E-state index in [2.05, 4.69) is 10.1 Å². The molecule has 0 aromatic carbocycles. The molecule has 1 fully saturated rings. The summed E-state index contributed by atoms with van der Waals surface area (Å²) in [6, 6.07) is 0.213. The van der Waals surface area contributed by atoms with E-state index in [0.29, 0.717) is 12.1 Å². The van der Waals surface area contributed by atoms with Crippen molar-refractivity contribution in [2.45, 2.75) is 50.8 Å². The zero-order valence-electron chi connectivity index (χ0n) is 9.79. The molecule has 1 saturated carbocycles. The number of hydrogen-bond donors (Lipinski definition) is 1. The summed E-state index contributed by atoms with van der Waals surface area (Å²) in [6.45, 7) is 1.84. The number of methoxy groups -OCH3 is 2. The van der Waals surface area contributed by atoms with Crippen LogP contribution in [0.5, 0.6) is 0 Å². The van der Waals surface area contributed by atoms with Gasteiger partial charge in [-0.2, -0.15) is 0 Å². The lowest BCUT2D eigenvalue weighted by Gasteiger charge is -2.29. The van der Waals surface area contributed by atoms with E-state index in [4.69, 9.17) is 4.74 Å². The second-order valence-corrected chi connectivity index (χ2v) is 4.12. The molecule has 0 amide bonds. The van der Waals surface area contributed by atoms with Crippen LogP contribution in [0.15, 0.2) is 0 Å². The second kappa shape index (κ2) is 6.08. The molecule has 0 saturated heterocycles. The fourth-order valence-corrected chi connectivity index (χ4v) is 2.06.